The lowest BCUT2D eigenvalue weighted by Crippen LogP contribution is -2.49. The van der Waals surface area contributed by atoms with Gasteiger partial charge in [0.15, 0.2) is 0 Å². The molecule has 0 spiro atoms. The summed E-state index contributed by atoms with van der Waals surface area (Å²) in [5.41, 5.74) is 6.98. The molecule has 0 unspecified atom stereocenters. The number of carbonyl (C=O) groups excluding carboxylic acids is 1. The number of nitrogens with two attached hydrogens (primary N) is 1. The molecule has 2 fully saturated rings. The highest BCUT2D eigenvalue weighted by molar-refractivity contribution is 5.83. The Morgan fingerprint density at radius 2 is 2.05 bits per heavy atom. The van der Waals surface area contributed by atoms with Crippen molar-refractivity contribution in [1.82, 2.24) is 14.7 Å². The third kappa shape index (κ3) is 2.59. The summed E-state index contributed by atoms with van der Waals surface area (Å²) in [5.74, 6) is 0.838. The molecule has 0 radical (unpaired) electrons. The van der Waals surface area contributed by atoms with Crippen LogP contribution in [0.1, 0.15) is 50.1 Å². The fraction of sp³-hybridized carbons (Fsp3) is 0.750. The maximum atomic E-state index is 12.8. The van der Waals surface area contributed by atoms with E-state index < -0.39 is 0 Å². The van der Waals surface area contributed by atoms with Crippen molar-refractivity contribution < 1.29 is 4.79 Å². The maximum Gasteiger partial charge on any atom is 0.230 e. The molecule has 1 amide bonds. The van der Waals surface area contributed by atoms with Crippen LogP contribution in [0.15, 0.2) is 12.3 Å². The molecular formula is C16H26N4O. The van der Waals surface area contributed by atoms with Crippen molar-refractivity contribution in [3.05, 3.63) is 18.0 Å². The van der Waals surface area contributed by atoms with Gasteiger partial charge in [-0.1, -0.05) is 12.8 Å². The number of amides is 1. The Balaban J connectivity index is 1.63. The predicted octanol–water partition coefficient (Wildman–Crippen LogP) is 1.65. The molecule has 1 saturated carbocycles. The molecule has 116 valence electrons. The molecule has 0 bridgehead atoms. The zero-order chi connectivity index (χ0) is 14.9. The summed E-state index contributed by atoms with van der Waals surface area (Å²) in [6.07, 6.45) is 8.17. The van der Waals surface area contributed by atoms with E-state index in [1.807, 2.05) is 17.9 Å². The van der Waals surface area contributed by atoms with Crippen LogP contribution in [0.5, 0.6) is 0 Å². The van der Waals surface area contributed by atoms with Gasteiger partial charge in [0.2, 0.25) is 5.91 Å². The predicted molar refractivity (Wildman–Crippen MR) is 81.7 cm³/mol. The van der Waals surface area contributed by atoms with Crippen LogP contribution >= 0.6 is 0 Å². The zero-order valence-corrected chi connectivity index (χ0v) is 12.9. The van der Waals surface area contributed by atoms with Gasteiger partial charge >= 0.3 is 0 Å². The van der Waals surface area contributed by atoms with Gasteiger partial charge in [0, 0.05) is 44.5 Å². The van der Waals surface area contributed by atoms with E-state index in [4.69, 9.17) is 5.73 Å². The van der Waals surface area contributed by atoms with E-state index in [0.717, 1.165) is 51.6 Å². The van der Waals surface area contributed by atoms with Crippen molar-refractivity contribution in [3.8, 4) is 0 Å². The number of nitrogens with zero attached hydrogens (tertiary/aromatic N) is 3. The van der Waals surface area contributed by atoms with Gasteiger partial charge in [-0.3, -0.25) is 9.48 Å². The number of piperidine rings is 1. The number of hydrogen-bond donors (Lipinski definition) is 1. The van der Waals surface area contributed by atoms with E-state index in [0.29, 0.717) is 18.4 Å². The van der Waals surface area contributed by atoms with E-state index in [2.05, 4.69) is 16.1 Å². The van der Waals surface area contributed by atoms with Gasteiger partial charge in [-0.15, -0.1) is 0 Å². The van der Waals surface area contributed by atoms with Gasteiger partial charge in [-0.05, 0) is 31.7 Å². The smallest absolute Gasteiger partial charge is 0.230 e. The molecule has 2 heterocycles. The van der Waals surface area contributed by atoms with Gasteiger partial charge in [0.25, 0.3) is 0 Å². The van der Waals surface area contributed by atoms with E-state index in [1.165, 1.54) is 5.69 Å². The molecule has 1 aliphatic carbocycles. The van der Waals surface area contributed by atoms with Crippen LogP contribution in [-0.4, -0.2) is 40.2 Å². The molecule has 2 aliphatic rings. The minimum atomic E-state index is -0.251. The molecule has 1 aromatic heterocycles. The summed E-state index contributed by atoms with van der Waals surface area (Å²) >= 11 is 0. The molecule has 2 N–H and O–H groups in total. The average molecular weight is 290 g/mol. The largest absolute Gasteiger partial charge is 0.342 e. The Morgan fingerprint density at radius 3 is 2.57 bits per heavy atom. The molecular weight excluding hydrogens is 264 g/mol. The number of hydrogen-bond acceptors (Lipinski definition) is 3. The van der Waals surface area contributed by atoms with Crippen LogP contribution in [0.25, 0.3) is 0 Å². The lowest BCUT2D eigenvalue weighted by Gasteiger charge is -2.38. The second kappa shape index (κ2) is 5.79. The SMILES string of the molecule is Cn1nccc1C1CCN(C(=O)C2(CN)CCCC2)CC1. The van der Waals surface area contributed by atoms with E-state index in [9.17, 15) is 4.79 Å². The molecule has 1 saturated heterocycles. The second-order valence-corrected chi connectivity index (χ2v) is 6.64. The average Bonchev–Trinajstić information content (AvgIpc) is 3.16. The summed E-state index contributed by atoms with van der Waals surface area (Å²) < 4.78 is 1.96. The Kier molecular flexibility index (Phi) is 4.02. The topological polar surface area (TPSA) is 64.2 Å². The normalized spacial score (nSPS) is 22.7. The highest BCUT2D eigenvalue weighted by Gasteiger charge is 2.43. The highest BCUT2D eigenvalue weighted by Crippen LogP contribution is 2.40. The first-order valence-electron chi connectivity index (χ1n) is 8.14. The fourth-order valence-corrected chi connectivity index (χ4v) is 4.06. The number of aryl methyl sites for hydroxylation is 1. The second-order valence-electron chi connectivity index (χ2n) is 6.64. The minimum Gasteiger partial charge on any atom is -0.342 e. The van der Waals surface area contributed by atoms with Crippen LogP contribution in [0.2, 0.25) is 0 Å². The Labute approximate surface area is 126 Å². The van der Waals surface area contributed by atoms with Gasteiger partial charge < -0.3 is 10.6 Å². The van der Waals surface area contributed by atoms with Crippen molar-refractivity contribution in [2.24, 2.45) is 18.2 Å². The molecule has 1 aliphatic heterocycles. The van der Waals surface area contributed by atoms with E-state index >= 15 is 0 Å². The lowest BCUT2D eigenvalue weighted by molar-refractivity contribution is -0.142. The standard InChI is InChI=1S/C16H26N4O/c1-19-14(4-9-18-19)13-5-10-20(11-6-13)15(21)16(12-17)7-2-3-8-16/h4,9,13H,2-3,5-8,10-12,17H2,1H3. The van der Waals surface area contributed by atoms with Crippen LogP contribution in [0.4, 0.5) is 0 Å². The highest BCUT2D eigenvalue weighted by atomic mass is 16.2. The quantitative estimate of drug-likeness (QED) is 0.920. The first-order chi connectivity index (χ1) is 10.2. The molecule has 0 atom stereocenters. The Morgan fingerprint density at radius 1 is 1.38 bits per heavy atom. The van der Waals surface area contributed by atoms with Gasteiger partial charge in [0.05, 0.1) is 5.41 Å². The molecule has 21 heavy (non-hydrogen) atoms. The van der Waals surface area contributed by atoms with Gasteiger partial charge in [-0.25, -0.2) is 0 Å². The van der Waals surface area contributed by atoms with Crippen molar-refractivity contribution in [3.63, 3.8) is 0 Å². The van der Waals surface area contributed by atoms with Crippen LogP contribution in [-0.2, 0) is 11.8 Å². The number of aromatic nitrogens is 2. The van der Waals surface area contributed by atoms with Crippen molar-refractivity contribution >= 4 is 5.91 Å². The summed E-state index contributed by atoms with van der Waals surface area (Å²) in [6, 6.07) is 2.10. The van der Waals surface area contributed by atoms with E-state index in [-0.39, 0.29) is 5.41 Å². The third-order valence-corrected chi connectivity index (χ3v) is 5.46. The monoisotopic (exact) mass is 290 g/mol. The van der Waals surface area contributed by atoms with Crippen LogP contribution < -0.4 is 5.73 Å². The summed E-state index contributed by atoms with van der Waals surface area (Å²) in [7, 11) is 1.99. The molecule has 3 rings (SSSR count). The van der Waals surface area contributed by atoms with Crippen molar-refractivity contribution in [1.29, 1.82) is 0 Å². The van der Waals surface area contributed by atoms with Crippen molar-refractivity contribution in [2.75, 3.05) is 19.6 Å². The van der Waals surface area contributed by atoms with Gasteiger partial charge in [0.1, 0.15) is 0 Å². The third-order valence-electron chi connectivity index (χ3n) is 5.46. The first kappa shape index (κ1) is 14.6. The Bertz CT molecular complexity index is 496. The molecule has 0 aromatic carbocycles. The maximum absolute atomic E-state index is 12.8. The summed E-state index contributed by atoms with van der Waals surface area (Å²) in [6.45, 7) is 2.22. The van der Waals surface area contributed by atoms with Crippen LogP contribution in [0.3, 0.4) is 0 Å². The number of carbonyl (C=O) groups is 1. The zero-order valence-electron chi connectivity index (χ0n) is 12.9. The summed E-state index contributed by atoms with van der Waals surface area (Å²) in [4.78, 5) is 14.9. The number of rotatable bonds is 3. The Hall–Kier alpha value is -1.36. The summed E-state index contributed by atoms with van der Waals surface area (Å²) in [5, 5.41) is 4.25. The first-order valence-corrected chi connectivity index (χ1v) is 8.14. The molecule has 5 nitrogen and oxygen atoms in total. The van der Waals surface area contributed by atoms with E-state index in [1.54, 1.807) is 0 Å². The fourth-order valence-electron chi connectivity index (χ4n) is 4.06. The minimum absolute atomic E-state index is 0.251. The van der Waals surface area contributed by atoms with Gasteiger partial charge in [-0.2, -0.15) is 5.10 Å². The van der Waals surface area contributed by atoms with Crippen molar-refractivity contribution in [2.45, 2.75) is 44.4 Å². The lowest BCUT2D eigenvalue weighted by atomic mass is 9.83. The molecule has 1 aromatic rings. The molecule has 5 heteroatoms. The number of likely N-dealkylation sites (tertiary alicyclic amines) is 1. The van der Waals surface area contributed by atoms with Crippen LogP contribution in [0, 0.1) is 5.41 Å².